The summed E-state index contributed by atoms with van der Waals surface area (Å²) in [7, 11) is 0. The number of amides is 1. The van der Waals surface area contributed by atoms with Crippen LogP contribution in [0.25, 0.3) is 0 Å². The van der Waals surface area contributed by atoms with Crippen LogP contribution in [0.1, 0.15) is 46.0 Å². The van der Waals surface area contributed by atoms with Gasteiger partial charge in [0.1, 0.15) is 5.82 Å². The second kappa shape index (κ2) is 10.2. The predicted molar refractivity (Wildman–Crippen MR) is 88.6 cm³/mol. The molecule has 1 aromatic rings. The van der Waals surface area contributed by atoms with Gasteiger partial charge in [-0.15, -0.1) is 0 Å². The van der Waals surface area contributed by atoms with Crippen LogP contribution in [0.5, 0.6) is 0 Å². The van der Waals surface area contributed by atoms with E-state index in [-0.39, 0.29) is 5.91 Å². The quantitative estimate of drug-likeness (QED) is 0.650. The number of rotatable bonds is 10. The lowest BCUT2D eigenvalue weighted by atomic mass is 10.1. The topological polar surface area (TPSA) is 71.2 Å². The fraction of sp³-hybridized carbons (Fsp3) is 0.625. The Morgan fingerprint density at radius 1 is 1.19 bits per heavy atom. The van der Waals surface area contributed by atoms with Crippen LogP contribution >= 0.6 is 0 Å². The summed E-state index contributed by atoms with van der Waals surface area (Å²) >= 11 is 0. The Bertz CT molecular complexity index is 401. The molecule has 0 unspecified atom stereocenters. The van der Waals surface area contributed by atoms with Crippen molar-refractivity contribution in [1.29, 1.82) is 0 Å². The molecule has 3 N–H and O–H groups in total. The van der Waals surface area contributed by atoms with Gasteiger partial charge in [-0.05, 0) is 45.4 Å². The molecular weight excluding hydrogens is 264 g/mol. The van der Waals surface area contributed by atoms with Gasteiger partial charge in [0.05, 0.1) is 11.9 Å². The van der Waals surface area contributed by atoms with Crippen LogP contribution < -0.4 is 16.0 Å². The Balaban J connectivity index is 2.36. The molecule has 0 saturated carbocycles. The molecule has 0 aromatic carbocycles. The summed E-state index contributed by atoms with van der Waals surface area (Å²) in [5.41, 5.74) is 6.20. The molecule has 0 aliphatic rings. The lowest BCUT2D eigenvalue weighted by molar-refractivity contribution is -0.116. The number of aromatic nitrogens is 1. The van der Waals surface area contributed by atoms with E-state index in [2.05, 4.69) is 29.0 Å². The maximum Gasteiger partial charge on any atom is 0.224 e. The smallest absolute Gasteiger partial charge is 0.224 e. The molecule has 1 amide bonds. The van der Waals surface area contributed by atoms with Crippen molar-refractivity contribution >= 4 is 17.4 Å². The standard InChI is InChI=1S/C16H28N4O/c1-3-20(4-2)15-11-10-14(13-18-15)19-16(21)9-7-5-6-8-12-17/h10-11,13H,3-9,12,17H2,1-2H3,(H,19,21). The number of nitrogens with zero attached hydrogens (tertiary/aromatic N) is 2. The van der Waals surface area contributed by atoms with E-state index in [9.17, 15) is 4.79 Å². The molecule has 0 atom stereocenters. The number of unbranched alkanes of at least 4 members (excludes halogenated alkanes) is 3. The predicted octanol–water partition coefficient (Wildman–Crippen LogP) is 2.78. The van der Waals surface area contributed by atoms with Crippen LogP contribution in [0, 0.1) is 0 Å². The van der Waals surface area contributed by atoms with E-state index in [4.69, 9.17) is 5.73 Å². The highest BCUT2D eigenvalue weighted by atomic mass is 16.1. The number of carbonyl (C=O) groups is 1. The molecule has 0 radical (unpaired) electrons. The van der Waals surface area contributed by atoms with Gasteiger partial charge in [0, 0.05) is 19.5 Å². The molecule has 0 aliphatic heterocycles. The summed E-state index contributed by atoms with van der Waals surface area (Å²) in [6.45, 7) is 6.80. The zero-order chi connectivity index (χ0) is 15.5. The van der Waals surface area contributed by atoms with Gasteiger partial charge < -0.3 is 16.0 Å². The van der Waals surface area contributed by atoms with Crippen molar-refractivity contribution in [2.45, 2.75) is 46.0 Å². The van der Waals surface area contributed by atoms with Gasteiger partial charge in [-0.25, -0.2) is 4.98 Å². The molecule has 1 aromatic heterocycles. The van der Waals surface area contributed by atoms with Crippen molar-refractivity contribution in [1.82, 2.24) is 4.98 Å². The van der Waals surface area contributed by atoms with E-state index in [1.54, 1.807) is 6.20 Å². The third-order valence-electron chi connectivity index (χ3n) is 3.48. The Kier molecular flexibility index (Phi) is 8.43. The highest BCUT2D eigenvalue weighted by Gasteiger charge is 2.05. The normalized spacial score (nSPS) is 10.4. The molecule has 0 bridgehead atoms. The summed E-state index contributed by atoms with van der Waals surface area (Å²) in [6, 6.07) is 3.86. The first-order valence-corrected chi connectivity index (χ1v) is 7.92. The fourth-order valence-electron chi connectivity index (χ4n) is 2.20. The summed E-state index contributed by atoms with van der Waals surface area (Å²) in [6.07, 6.45) is 6.39. The van der Waals surface area contributed by atoms with Crippen LogP contribution in [-0.2, 0) is 4.79 Å². The molecular formula is C16H28N4O. The third kappa shape index (κ3) is 6.58. The van der Waals surface area contributed by atoms with E-state index in [0.717, 1.165) is 56.8 Å². The van der Waals surface area contributed by atoms with E-state index in [0.29, 0.717) is 6.42 Å². The van der Waals surface area contributed by atoms with E-state index in [1.807, 2.05) is 12.1 Å². The summed E-state index contributed by atoms with van der Waals surface area (Å²) in [5, 5.41) is 2.89. The van der Waals surface area contributed by atoms with Gasteiger partial charge in [0.25, 0.3) is 0 Å². The number of nitrogens with two attached hydrogens (primary N) is 1. The SMILES string of the molecule is CCN(CC)c1ccc(NC(=O)CCCCCCN)cn1. The first-order valence-electron chi connectivity index (χ1n) is 7.92. The second-order valence-electron chi connectivity index (χ2n) is 5.08. The maximum atomic E-state index is 11.8. The number of hydrogen-bond acceptors (Lipinski definition) is 4. The average molecular weight is 292 g/mol. The fourth-order valence-corrected chi connectivity index (χ4v) is 2.20. The van der Waals surface area contributed by atoms with E-state index in [1.165, 1.54) is 0 Å². The van der Waals surface area contributed by atoms with Gasteiger partial charge in [0.15, 0.2) is 0 Å². The lowest BCUT2D eigenvalue weighted by Gasteiger charge is -2.19. The minimum absolute atomic E-state index is 0.0557. The molecule has 0 fully saturated rings. The van der Waals surface area contributed by atoms with E-state index < -0.39 is 0 Å². The Morgan fingerprint density at radius 3 is 2.48 bits per heavy atom. The molecule has 0 spiro atoms. The van der Waals surface area contributed by atoms with Gasteiger partial charge in [0.2, 0.25) is 5.91 Å². The van der Waals surface area contributed by atoms with Crippen molar-refractivity contribution in [3.05, 3.63) is 18.3 Å². The van der Waals surface area contributed by atoms with Crippen molar-refractivity contribution in [3.63, 3.8) is 0 Å². The Labute approximate surface area is 127 Å². The van der Waals surface area contributed by atoms with Crippen LogP contribution in [0.4, 0.5) is 11.5 Å². The molecule has 1 rings (SSSR count). The van der Waals surface area contributed by atoms with Crippen molar-refractivity contribution in [3.8, 4) is 0 Å². The summed E-state index contributed by atoms with van der Waals surface area (Å²) in [5.74, 6) is 1.000. The molecule has 5 nitrogen and oxygen atoms in total. The summed E-state index contributed by atoms with van der Waals surface area (Å²) < 4.78 is 0. The molecule has 0 saturated heterocycles. The molecule has 5 heteroatoms. The number of carbonyl (C=O) groups excluding carboxylic acids is 1. The van der Waals surface area contributed by atoms with Crippen LogP contribution in [-0.4, -0.2) is 30.5 Å². The monoisotopic (exact) mass is 292 g/mol. The molecule has 21 heavy (non-hydrogen) atoms. The van der Waals surface area contributed by atoms with Crippen LogP contribution in [0.3, 0.4) is 0 Å². The molecule has 118 valence electrons. The van der Waals surface area contributed by atoms with E-state index >= 15 is 0 Å². The minimum Gasteiger partial charge on any atom is -0.357 e. The third-order valence-corrected chi connectivity index (χ3v) is 3.48. The highest BCUT2D eigenvalue weighted by molar-refractivity contribution is 5.90. The summed E-state index contributed by atoms with van der Waals surface area (Å²) in [4.78, 5) is 18.4. The van der Waals surface area contributed by atoms with Gasteiger partial charge in [-0.1, -0.05) is 12.8 Å². The number of anilines is 2. The Morgan fingerprint density at radius 2 is 1.90 bits per heavy atom. The number of hydrogen-bond donors (Lipinski definition) is 2. The average Bonchev–Trinajstić information content (AvgIpc) is 2.50. The second-order valence-corrected chi connectivity index (χ2v) is 5.08. The Hall–Kier alpha value is -1.62. The maximum absolute atomic E-state index is 11.8. The van der Waals surface area contributed by atoms with Crippen molar-refractivity contribution < 1.29 is 4.79 Å². The molecule has 0 aliphatic carbocycles. The largest absolute Gasteiger partial charge is 0.357 e. The van der Waals surface area contributed by atoms with Crippen LogP contribution in [0.15, 0.2) is 18.3 Å². The van der Waals surface area contributed by atoms with Crippen LogP contribution in [0.2, 0.25) is 0 Å². The first kappa shape index (κ1) is 17.4. The number of pyridine rings is 1. The minimum atomic E-state index is 0.0557. The zero-order valence-electron chi connectivity index (χ0n) is 13.3. The molecule has 1 heterocycles. The highest BCUT2D eigenvalue weighted by Crippen LogP contribution is 2.14. The van der Waals surface area contributed by atoms with Gasteiger partial charge >= 0.3 is 0 Å². The van der Waals surface area contributed by atoms with Gasteiger partial charge in [-0.2, -0.15) is 0 Å². The van der Waals surface area contributed by atoms with Gasteiger partial charge in [-0.3, -0.25) is 4.79 Å². The van der Waals surface area contributed by atoms with Crippen molar-refractivity contribution in [2.24, 2.45) is 5.73 Å². The zero-order valence-corrected chi connectivity index (χ0v) is 13.3. The van der Waals surface area contributed by atoms with Crippen molar-refractivity contribution in [2.75, 3.05) is 29.9 Å². The first-order chi connectivity index (χ1) is 10.2. The lowest BCUT2D eigenvalue weighted by Crippen LogP contribution is -2.22. The number of nitrogens with one attached hydrogen (secondary N) is 1.